The van der Waals surface area contributed by atoms with Crippen LogP contribution in [0.25, 0.3) is 0 Å². The highest BCUT2D eigenvalue weighted by atomic mass is 32.1. The predicted molar refractivity (Wildman–Crippen MR) is 92.2 cm³/mol. The summed E-state index contributed by atoms with van der Waals surface area (Å²) in [4.78, 5) is 1.48. The highest BCUT2D eigenvalue weighted by molar-refractivity contribution is 7.09. The molecule has 1 aliphatic rings. The fourth-order valence-electron chi connectivity index (χ4n) is 3.60. The summed E-state index contributed by atoms with van der Waals surface area (Å²) in [5.74, 6) is 0. The van der Waals surface area contributed by atoms with Gasteiger partial charge in [0.15, 0.2) is 0 Å². The van der Waals surface area contributed by atoms with Gasteiger partial charge in [-0.25, -0.2) is 0 Å². The maximum Gasteiger partial charge on any atom is 0.0838 e. The van der Waals surface area contributed by atoms with Gasteiger partial charge in [0, 0.05) is 17.5 Å². The third-order valence-corrected chi connectivity index (χ3v) is 5.54. The minimum absolute atomic E-state index is 0.0460. The van der Waals surface area contributed by atoms with E-state index in [-0.39, 0.29) is 5.60 Å². The molecule has 0 aliphatic heterocycles. The predicted octanol–water partition coefficient (Wildman–Crippen LogP) is 4.79. The van der Waals surface area contributed by atoms with E-state index in [0.29, 0.717) is 6.04 Å². The average Bonchev–Trinajstić information content (AvgIpc) is 2.89. The average molecular weight is 310 g/mol. The second-order valence-corrected chi connectivity index (χ2v) is 7.23. The quantitative estimate of drug-likeness (QED) is 0.697. The lowest BCUT2D eigenvalue weighted by atomic mass is 9.83. The molecule has 0 amide bonds. The maximum atomic E-state index is 6.40. The van der Waals surface area contributed by atoms with E-state index in [4.69, 9.17) is 4.74 Å². The Bertz CT molecular complexity index is 369. The molecule has 1 aromatic heterocycles. The second-order valence-electron chi connectivity index (χ2n) is 6.20. The molecule has 1 N–H and O–H groups in total. The second kappa shape index (κ2) is 8.92. The highest BCUT2D eigenvalue weighted by Gasteiger charge is 2.39. The SMILES string of the molecule is CCCNC(Cc1cccs1)C1(OCC)CCCCCC1. The molecule has 3 heteroatoms. The van der Waals surface area contributed by atoms with E-state index in [1.54, 1.807) is 0 Å². The zero-order chi connectivity index (χ0) is 15.0. The Morgan fingerprint density at radius 3 is 2.57 bits per heavy atom. The summed E-state index contributed by atoms with van der Waals surface area (Å²) in [5, 5.41) is 6.00. The van der Waals surface area contributed by atoms with Gasteiger partial charge in [-0.3, -0.25) is 0 Å². The molecule has 0 saturated heterocycles. The summed E-state index contributed by atoms with van der Waals surface area (Å²) in [5.41, 5.74) is 0.0460. The smallest absolute Gasteiger partial charge is 0.0838 e. The molecule has 2 rings (SSSR count). The van der Waals surface area contributed by atoms with Crippen LogP contribution in [-0.2, 0) is 11.2 Å². The fourth-order valence-corrected chi connectivity index (χ4v) is 4.35. The summed E-state index contributed by atoms with van der Waals surface area (Å²) in [6.07, 6.45) is 10.1. The monoisotopic (exact) mass is 309 g/mol. The molecule has 0 radical (unpaired) electrons. The van der Waals surface area contributed by atoms with Gasteiger partial charge in [0.1, 0.15) is 0 Å². The Hall–Kier alpha value is -0.380. The molecule has 1 heterocycles. The molecular weight excluding hydrogens is 278 g/mol. The van der Waals surface area contributed by atoms with Crippen molar-refractivity contribution in [3.8, 4) is 0 Å². The minimum Gasteiger partial charge on any atom is -0.374 e. The van der Waals surface area contributed by atoms with E-state index in [2.05, 4.69) is 36.7 Å². The number of rotatable bonds is 8. The largest absolute Gasteiger partial charge is 0.374 e. The first-order valence-electron chi connectivity index (χ1n) is 8.70. The van der Waals surface area contributed by atoms with Crippen molar-refractivity contribution in [1.82, 2.24) is 5.32 Å². The third kappa shape index (κ3) is 4.80. The van der Waals surface area contributed by atoms with E-state index in [0.717, 1.165) is 19.6 Å². The lowest BCUT2D eigenvalue weighted by molar-refractivity contribution is -0.0765. The number of thiophene rings is 1. The lowest BCUT2D eigenvalue weighted by Crippen LogP contribution is -2.53. The molecule has 1 atom stereocenters. The lowest BCUT2D eigenvalue weighted by Gasteiger charge is -2.41. The summed E-state index contributed by atoms with van der Waals surface area (Å²) in [6.45, 7) is 6.31. The molecule has 1 saturated carbocycles. The number of hydrogen-bond acceptors (Lipinski definition) is 3. The molecule has 21 heavy (non-hydrogen) atoms. The van der Waals surface area contributed by atoms with Gasteiger partial charge in [-0.15, -0.1) is 11.3 Å². The number of nitrogens with one attached hydrogen (secondary N) is 1. The molecule has 0 bridgehead atoms. The molecule has 2 nitrogen and oxygen atoms in total. The minimum atomic E-state index is 0.0460. The fraction of sp³-hybridized carbons (Fsp3) is 0.778. The van der Waals surface area contributed by atoms with Crippen LogP contribution in [0.4, 0.5) is 0 Å². The van der Waals surface area contributed by atoms with Crippen LogP contribution in [0.15, 0.2) is 17.5 Å². The number of hydrogen-bond donors (Lipinski definition) is 1. The van der Waals surface area contributed by atoms with Gasteiger partial charge in [-0.05, 0) is 50.6 Å². The first-order chi connectivity index (χ1) is 10.3. The molecule has 1 unspecified atom stereocenters. The third-order valence-electron chi connectivity index (χ3n) is 4.64. The van der Waals surface area contributed by atoms with Crippen LogP contribution in [0.2, 0.25) is 0 Å². The Balaban J connectivity index is 2.15. The molecule has 0 spiro atoms. The Labute approximate surface area is 134 Å². The summed E-state index contributed by atoms with van der Waals surface area (Å²) >= 11 is 1.88. The van der Waals surface area contributed by atoms with Crippen LogP contribution < -0.4 is 5.32 Å². The van der Waals surface area contributed by atoms with Crippen LogP contribution >= 0.6 is 11.3 Å². The van der Waals surface area contributed by atoms with Gasteiger partial charge in [0.05, 0.1) is 5.60 Å². The summed E-state index contributed by atoms with van der Waals surface area (Å²) in [6, 6.07) is 4.88. The van der Waals surface area contributed by atoms with Crippen LogP contribution in [0, 0.1) is 0 Å². The van der Waals surface area contributed by atoms with Crippen LogP contribution in [-0.4, -0.2) is 24.8 Å². The van der Waals surface area contributed by atoms with E-state index in [9.17, 15) is 0 Å². The van der Waals surface area contributed by atoms with Crippen molar-refractivity contribution in [2.24, 2.45) is 0 Å². The summed E-state index contributed by atoms with van der Waals surface area (Å²) < 4.78 is 6.40. The topological polar surface area (TPSA) is 21.3 Å². The van der Waals surface area contributed by atoms with Crippen molar-refractivity contribution in [2.75, 3.05) is 13.2 Å². The first kappa shape index (κ1) is 17.0. The van der Waals surface area contributed by atoms with Crippen LogP contribution in [0.5, 0.6) is 0 Å². The normalized spacial score (nSPS) is 20.1. The van der Waals surface area contributed by atoms with Gasteiger partial charge < -0.3 is 10.1 Å². The Morgan fingerprint density at radius 2 is 2.00 bits per heavy atom. The van der Waals surface area contributed by atoms with E-state index in [1.807, 2.05) is 11.3 Å². The van der Waals surface area contributed by atoms with Gasteiger partial charge in [-0.2, -0.15) is 0 Å². The van der Waals surface area contributed by atoms with E-state index < -0.39 is 0 Å². The standard InChI is InChI=1S/C18H31NOS/c1-3-13-19-17(15-16-10-9-14-21-16)18(20-4-2)11-7-5-6-8-12-18/h9-10,14,17,19H,3-8,11-13,15H2,1-2H3. The summed E-state index contributed by atoms with van der Waals surface area (Å²) in [7, 11) is 0. The molecule has 0 aromatic carbocycles. The molecule has 1 aliphatic carbocycles. The molecule has 1 fully saturated rings. The van der Waals surface area contributed by atoms with Crippen LogP contribution in [0.3, 0.4) is 0 Å². The van der Waals surface area contributed by atoms with Gasteiger partial charge in [-0.1, -0.05) is 38.7 Å². The highest BCUT2D eigenvalue weighted by Crippen LogP contribution is 2.35. The first-order valence-corrected chi connectivity index (χ1v) is 9.58. The van der Waals surface area contributed by atoms with Crippen LogP contribution in [0.1, 0.15) is 63.7 Å². The van der Waals surface area contributed by atoms with Crippen molar-refractivity contribution >= 4 is 11.3 Å². The van der Waals surface area contributed by atoms with Crippen molar-refractivity contribution in [3.63, 3.8) is 0 Å². The van der Waals surface area contributed by atoms with Crippen molar-refractivity contribution in [2.45, 2.75) is 76.9 Å². The molecular formula is C18H31NOS. The van der Waals surface area contributed by atoms with Gasteiger partial charge >= 0.3 is 0 Å². The van der Waals surface area contributed by atoms with E-state index in [1.165, 1.54) is 49.8 Å². The molecule has 1 aromatic rings. The van der Waals surface area contributed by atoms with Crippen molar-refractivity contribution in [1.29, 1.82) is 0 Å². The molecule has 120 valence electrons. The van der Waals surface area contributed by atoms with Gasteiger partial charge in [0.25, 0.3) is 0 Å². The number of ether oxygens (including phenoxy) is 1. The van der Waals surface area contributed by atoms with Crippen molar-refractivity contribution < 1.29 is 4.74 Å². The zero-order valence-corrected chi connectivity index (χ0v) is 14.5. The van der Waals surface area contributed by atoms with Crippen molar-refractivity contribution in [3.05, 3.63) is 22.4 Å². The Morgan fingerprint density at radius 1 is 1.24 bits per heavy atom. The Kier molecular flexibility index (Phi) is 7.21. The zero-order valence-electron chi connectivity index (χ0n) is 13.7. The maximum absolute atomic E-state index is 6.40. The van der Waals surface area contributed by atoms with E-state index >= 15 is 0 Å². The van der Waals surface area contributed by atoms with Gasteiger partial charge in [0.2, 0.25) is 0 Å².